The average Bonchev–Trinajstić information content (AvgIpc) is 2.88. The third-order valence-corrected chi connectivity index (χ3v) is 2.76. The molecular weight excluding hydrogens is 266 g/mol. The summed E-state index contributed by atoms with van der Waals surface area (Å²) in [5, 5.41) is 7.04. The first-order chi connectivity index (χ1) is 9.74. The summed E-state index contributed by atoms with van der Waals surface area (Å²) in [6.45, 7) is 1.43. The Balaban J connectivity index is 2.20. The molecular formula is C13H16F2N4O. The van der Waals surface area contributed by atoms with E-state index in [1.54, 1.807) is 31.5 Å². The number of hydrogen-bond donors (Lipinski definition) is 1. The van der Waals surface area contributed by atoms with Gasteiger partial charge in [-0.15, -0.1) is 0 Å². The number of hydrogen-bond acceptors (Lipinski definition) is 4. The van der Waals surface area contributed by atoms with Crippen LogP contribution in [0.25, 0.3) is 5.82 Å². The molecule has 2 heterocycles. The van der Waals surface area contributed by atoms with Crippen LogP contribution in [0.15, 0.2) is 30.6 Å². The largest absolute Gasteiger partial charge is 0.383 e. The summed E-state index contributed by atoms with van der Waals surface area (Å²) in [6.07, 6.45) is 0.373. The summed E-state index contributed by atoms with van der Waals surface area (Å²) >= 11 is 0. The third kappa shape index (κ3) is 3.37. The molecule has 0 saturated carbocycles. The van der Waals surface area contributed by atoms with Gasteiger partial charge in [0.2, 0.25) is 0 Å². The standard InChI is InChI=1S/C13H16F2N4O/c1-20-7-6-16-8-10-9-18-19(12(10)13(14)15)11-4-2-3-5-17-11/h2-5,9,13,16H,6-8H2,1H3. The predicted molar refractivity (Wildman–Crippen MR) is 69.9 cm³/mol. The highest BCUT2D eigenvalue weighted by atomic mass is 19.3. The molecule has 2 rings (SSSR count). The highest BCUT2D eigenvalue weighted by molar-refractivity contribution is 5.29. The van der Waals surface area contributed by atoms with E-state index in [1.807, 2.05) is 0 Å². The number of ether oxygens (including phenoxy) is 1. The molecule has 7 heteroatoms. The van der Waals surface area contributed by atoms with Gasteiger partial charge in [-0.1, -0.05) is 6.07 Å². The van der Waals surface area contributed by atoms with Crippen LogP contribution in [0.3, 0.4) is 0 Å². The average molecular weight is 282 g/mol. The predicted octanol–water partition coefficient (Wildman–Crippen LogP) is 1.94. The van der Waals surface area contributed by atoms with Gasteiger partial charge in [0.05, 0.1) is 12.8 Å². The van der Waals surface area contributed by atoms with Gasteiger partial charge < -0.3 is 10.1 Å². The second-order valence-electron chi connectivity index (χ2n) is 4.13. The molecule has 0 aliphatic carbocycles. The van der Waals surface area contributed by atoms with Crippen molar-refractivity contribution >= 4 is 0 Å². The molecule has 2 aromatic rings. The fourth-order valence-corrected chi connectivity index (χ4v) is 1.82. The highest BCUT2D eigenvalue weighted by Crippen LogP contribution is 2.24. The van der Waals surface area contributed by atoms with Crippen molar-refractivity contribution in [2.45, 2.75) is 13.0 Å². The van der Waals surface area contributed by atoms with Gasteiger partial charge in [0, 0.05) is 32.0 Å². The van der Waals surface area contributed by atoms with Crippen molar-refractivity contribution in [1.82, 2.24) is 20.1 Å². The lowest BCUT2D eigenvalue weighted by Gasteiger charge is -2.08. The van der Waals surface area contributed by atoms with Crippen molar-refractivity contribution in [3.8, 4) is 5.82 Å². The first-order valence-electron chi connectivity index (χ1n) is 6.20. The maximum Gasteiger partial charge on any atom is 0.280 e. The Kier molecular flexibility index (Phi) is 5.14. The van der Waals surface area contributed by atoms with E-state index < -0.39 is 6.43 Å². The van der Waals surface area contributed by atoms with E-state index >= 15 is 0 Å². The number of alkyl halides is 2. The first-order valence-corrected chi connectivity index (χ1v) is 6.20. The summed E-state index contributed by atoms with van der Waals surface area (Å²) in [4.78, 5) is 4.04. The van der Waals surface area contributed by atoms with Crippen LogP contribution in [-0.4, -0.2) is 35.0 Å². The lowest BCUT2D eigenvalue weighted by Crippen LogP contribution is -2.19. The molecule has 0 aliphatic rings. The molecule has 0 amide bonds. The van der Waals surface area contributed by atoms with E-state index in [0.717, 1.165) is 0 Å². The molecule has 1 N–H and O–H groups in total. The lowest BCUT2D eigenvalue weighted by atomic mass is 10.2. The van der Waals surface area contributed by atoms with Crippen LogP contribution in [0.5, 0.6) is 0 Å². The first kappa shape index (κ1) is 14.5. The van der Waals surface area contributed by atoms with E-state index in [4.69, 9.17) is 4.74 Å². The molecule has 0 aromatic carbocycles. The second-order valence-corrected chi connectivity index (χ2v) is 4.13. The summed E-state index contributed by atoms with van der Waals surface area (Å²) < 4.78 is 32.6. The zero-order valence-corrected chi connectivity index (χ0v) is 11.1. The zero-order valence-electron chi connectivity index (χ0n) is 11.1. The maximum absolute atomic E-state index is 13.2. The monoisotopic (exact) mass is 282 g/mol. The molecule has 0 fully saturated rings. The zero-order chi connectivity index (χ0) is 14.4. The molecule has 5 nitrogen and oxygen atoms in total. The maximum atomic E-state index is 13.2. The van der Waals surface area contributed by atoms with Gasteiger partial charge >= 0.3 is 0 Å². The van der Waals surface area contributed by atoms with Crippen LogP contribution in [0.4, 0.5) is 8.78 Å². The highest BCUT2D eigenvalue weighted by Gasteiger charge is 2.21. The van der Waals surface area contributed by atoms with E-state index in [1.165, 1.54) is 10.9 Å². The number of pyridine rings is 1. The fraction of sp³-hybridized carbons (Fsp3) is 0.385. The molecule has 0 spiro atoms. The molecule has 0 atom stereocenters. The number of halogens is 2. The normalized spacial score (nSPS) is 11.2. The van der Waals surface area contributed by atoms with Crippen LogP contribution < -0.4 is 5.32 Å². The molecule has 0 aliphatic heterocycles. The topological polar surface area (TPSA) is 52.0 Å². The summed E-state index contributed by atoms with van der Waals surface area (Å²) in [5.74, 6) is 0.381. The number of aromatic nitrogens is 3. The van der Waals surface area contributed by atoms with Crippen LogP contribution >= 0.6 is 0 Å². The van der Waals surface area contributed by atoms with Crippen molar-refractivity contribution in [3.05, 3.63) is 41.9 Å². The van der Waals surface area contributed by atoms with Crippen molar-refractivity contribution < 1.29 is 13.5 Å². The fourth-order valence-electron chi connectivity index (χ4n) is 1.82. The third-order valence-electron chi connectivity index (χ3n) is 2.76. The van der Waals surface area contributed by atoms with E-state index in [9.17, 15) is 8.78 Å². The van der Waals surface area contributed by atoms with E-state index in [2.05, 4.69) is 15.4 Å². The van der Waals surface area contributed by atoms with E-state index in [-0.39, 0.29) is 5.69 Å². The summed E-state index contributed by atoms with van der Waals surface area (Å²) in [7, 11) is 1.59. The second kappa shape index (κ2) is 7.06. The van der Waals surface area contributed by atoms with Crippen LogP contribution in [-0.2, 0) is 11.3 Å². The SMILES string of the molecule is COCCNCc1cnn(-c2ccccn2)c1C(F)F. The molecule has 2 aromatic heterocycles. The smallest absolute Gasteiger partial charge is 0.280 e. The van der Waals surface area contributed by atoms with Crippen LogP contribution in [0, 0.1) is 0 Å². The Hall–Kier alpha value is -1.86. The minimum absolute atomic E-state index is 0.131. The summed E-state index contributed by atoms with van der Waals surface area (Å²) in [6, 6.07) is 5.10. The minimum Gasteiger partial charge on any atom is -0.383 e. The Bertz CT molecular complexity index is 530. The van der Waals surface area contributed by atoms with E-state index in [0.29, 0.717) is 31.1 Å². The molecule has 20 heavy (non-hydrogen) atoms. The molecule has 0 unspecified atom stereocenters. The van der Waals surface area contributed by atoms with Crippen LogP contribution in [0.2, 0.25) is 0 Å². The van der Waals surface area contributed by atoms with Gasteiger partial charge in [0.25, 0.3) is 6.43 Å². The van der Waals surface area contributed by atoms with Crippen molar-refractivity contribution in [2.75, 3.05) is 20.3 Å². The van der Waals surface area contributed by atoms with Crippen molar-refractivity contribution in [3.63, 3.8) is 0 Å². The van der Waals surface area contributed by atoms with Gasteiger partial charge in [-0.3, -0.25) is 0 Å². The molecule has 0 bridgehead atoms. The Morgan fingerprint density at radius 1 is 1.40 bits per heavy atom. The minimum atomic E-state index is -2.61. The summed E-state index contributed by atoms with van der Waals surface area (Å²) in [5.41, 5.74) is 0.329. The van der Waals surface area contributed by atoms with Crippen LogP contribution in [0.1, 0.15) is 17.7 Å². The van der Waals surface area contributed by atoms with Gasteiger partial charge in [0.15, 0.2) is 5.82 Å². The Morgan fingerprint density at radius 3 is 2.90 bits per heavy atom. The van der Waals surface area contributed by atoms with Gasteiger partial charge in [-0.05, 0) is 12.1 Å². The van der Waals surface area contributed by atoms with Crippen molar-refractivity contribution in [1.29, 1.82) is 0 Å². The molecule has 0 saturated heterocycles. The quantitative estimate of drug-likeness (QED) is 0.789. The van der Waals surface area contributed by atoms with Gasteiger partial charge in [0.1, 0.15) is 5.69 Å². The lowest BCUT2D eigenvalue weighted by molar-refractivity contribution is 0.141. The Labute approximate surface area is 115 Å². The number of nitrogens with one attached hydrogen (secondary N) is 1. The van der Waals surface area contributed by atoms with Crippen molar-refractivity contribution in [2.24, 2.45) is 0 Å². The molecule has 0 radical (unpaired) electrons. The number of nitrogens with zero attached hydrogens (tertiary/aromatic N) is 3. The number of rotatable bonds is 7. The Morgan fingerprint density at radius 2 is 2.25 bits per heavy atom. The molecule has 108 valence electrons. The van der Waals surface area contributed by atoms with Gasteiger partial charge in [-0.25, -0.2) is 18.4 Å². The van der Waals surface area contributed by atoms with Gasteiger partial charge in [-0.2, -0.15) is 5.10 Å². The number of methoxy groups -OCH3 is 1.